The van der Waals surface area contributed by atoms with Gasteiger partial charge in [0.15, 0.2) is 0 Å². The van der Waals surface area contributed by atoms with Crippen molar-refractivity contribution in [3.63, 3.8) is 0 Å². The second kappa shape index (κ2) is 9.88. The van der Waals surface area contributed by atoms with Crippen LogP contribution >= 0.6 is 0 Å². The van der Waals surface area contributed by atoms with Gasteiger partial charge in [-0.15, -0.1) is 0 Å². The van der Waals surface area contributed by atoms with Gasteiger partial charge in [0.2, 0.25) is 0 Å². The van der Waals surface area contributed by atoms with Crippen molar-refractivity contribution in [2.45, 2.75) is 65.7 Å². The first-order chi connectivity index (χ1) is 7.20. The molecular weight excluding hydrogens is 186 g/mol. The van der Waals surface area contributed by atoms with Crippen molar-refractivity contribution in [2.75, 3.05) is 6.54 Å². The van der Waals surface area contributed by atoms with Gasteiger partial charge in [-0.05, 0) is 19.8 Å². The van der Waals surface area contributed by atoms with Crippen LogP contribution in [0.25, 0.3) is 0 Å². The van der Waals surface area contributed by atoms with Crippen LogP contribution in [0.5, 0.6) is 0 Å². The minimum absolute atomic E-state index is 0.326. The normalized spacial score (nSPS) is 11.8. The average molecular weight is 211 g/mol. The first kappa shape index (κ1) is 14.3. The lowest BCUT2D eigenvalue weighted by atomic mass is 10.1. The molecule has 0 unspecified atom stereocenters. The SMILES string of the molecule is CCCCCCN=C(C)CC(=O)CCC. The smallest absolute Gasteiger partial charge is 0.138 e. The Labute approximate surface area is 94.2 Å². The standard InChI is InChI=1S/C13H25NO/c1-4-6-7-8-10-14-12(3)11-13(15)9-5-2/h4-11H2,1-3H3. The second-order valence-electron chi connectivity index (χ2n) is 4.14. The van der Waals surface area contributed by atoms with Crippen molar-refractivity contribution in [3.05, 3.63) is 0 Å². The van der Waals surface area contributed by atoms with Gasteiger partial charge in [0.05, 0.1) is 0 Å². The summed E-state index contributed by atoms with van der Waals surface area (Å²) in [6, 6.07) is 0. The summed E-state index contributed by atoms with van der Waals surface area (Å²) in [4.78, 5) is 15.7. The molecule has 0 heterocycles. The molecule has 0 amide bonds. The number of carbonyl (C=O) groups excluding carboxylic acids is 1. The Kier molecular flexibility index (Phi) is 9.44. The third-order valence-corrected chi connectivity index (χ3v) is 2.38. The molecule has 0 spiro atoms. The van der Waals surface area contributed by atoms with E-state index in [1.54, 1.807) is 0 Å². The molecule has 88 valence electrons. The number of nitrogens with zero attached hydrogens (tertiary/aromatic N) is 1. The molecule has 0 aliphatic carbocycles. The molecule has 2 heteroatoms. The van der Waals surface area contributed by atoms with Crippen LogP contribution in [0.1, 0.15) is 65.7 Å². The van der Waals surface area contributed by atoms with E-state index in [-0.39, 0.29) is 0 Å². The summed E-state index contributed by atoms with van der Waals surface area (Å²) in [6.45, 7) is 7.10. The minimum atomic E-state index is 0.326. The van der Waals surface area contributed by atoms with E-state index >= 15 is 0 Å². The van der Waals surface area contributed by atoms with E-state index in [0.717, 1.165) is 25.1 Å². The molecule has 15 heavy (non-hydrogen) atoms. The predicted molar refractivity (Wildman–Crippen MR) is 66.7 cm³/mol. The van der Waals surface area contributed by atoms with Crippen LogP contribution in [0.4, 0.5) is 0 Å². The molecule has 0 aliphatic rings. The zero-order valence-corrected chi connectivity index (χ0v) is 10.5. The average Bonchev–Trinajstić information content (AvgIpc) is 2.17. The van der Waals surface area contributed by atoms with Crippen molar-refractivity contribution in [1.29, 1.82) is 0 Å². The van der Waals surface area contributed by atoms with Crippen LogP contribution < -0.4 is 0 Å². The molecular formula is C13H25NO. The summed E-state index contributed by atoms with van der Waals surface area (Å²) in [5, 5.41) is 0. The quantitative estimate of drug-likeness (QED) is 0.421. The highest BCUT2D eigenvalue weighted by Crippen LogP contribution is 2.01. The Hall–Kier alpha value is -0.660. The number of ketones is 1. The number of hydrogen-bond donors (Lipinski definition) is 0. The number of unbranched alkanes of at least 4 members (excludes halogenated alkanes) is 3. The summed E-state index contributed by atoms with van der Waals surface area (Å²) in [7, 11) is 0. The van der Waals surface area contributed by atoms with E-state index in [1.165, 1.54) is 19.3 Å². The maximum absolute atomic E-state index is 11.3. The molecule has 0 aromatic rings. The van der Waals surface area contributed by atoms with Crippen molar-refractivity contribution in [1.82, 2.24) is 0 Å². The van der Waals surface area contributed by atoms with Crippen LogP contribution in [0, 0.1) is 0 Å². The lowest BCUT2D eigenvalue weighted by molar-refractivity contribution is -0.117. The van der Waals surface area contributed by atoms with Crippen LogP contribution in [0.2, 0.25) is 0 Å². The largest absolute Gasteiger partial charge is 0.299 e. The van der Waals surface area contributed by atoms with E-state index in [9.17, 15) is 4.79 Å². The first-order valence-electron chi connectivity index (χ1n) is 6.22. The van der Waals surface area contributed by atoms with Crippen molar-refractivity contribution in [2.24, 2.45) is 4.99 Å². The van der Waals surface area contributed by atoms with E-state index in [4.69, 9.17) is 0 Å². The second-order valence-corrected chi connectivity index (χ2v) is 4.14. The van der Waals surface area contributed by atoms with Gasteiger partial charge in [-0.3, -0.25) is 9.79 Å². The molecule has 0 N–H and O–H groups in total. The number of Topliss-reactive ketones (excluding diaryl/α,β-unsaturated/α-hetero) is 1. The topological polar surface area (TPSA) is 29.4 Å². The lowest BCUT2D eigenvalue weighted by Crippen LogP contribution is -2.04. The summed E-state index contributed by atoms with van der Waals surface area (Å²) in [5.41, 5.74) is 1.00. The zero-order chi connectivity index (χ0) is 11.5. The number of rotatable bonds is 9. The highest BCUT2D eigenvalue weighted by Gasteiger charge is 2.01. The Morgan fingerprint density at radius 2 is 1.80 bits per heavy atom. The van der Waals surface area contributed by atoms with Crippen LogP contribution in [0.3, 0.4) is 0 Å². The Morgan fingerprint density at radius 1 is 1.07 bits per heavy atom. The molecule has 0 aromatic heterocycles. The fraction of sp³-hybridized carbons (Fsp3) is 0.846. The van der Waals surface area contributed by atoms with Crippen LogP contribution in [-0.2, 0) is 4.79 Å². The summed E-state index contributed by atoms with van der Waals surface area (Å²) in [6.07, 6.45) is 7.18. The Morgan fingerprint density at radius 3 is 2.40 bits per heavy atom. The molecule has 0 rings (SSSR count). The number of carbonyl (C=O) groups is 1. The van der Waals surface area contributed by atoms with Crippen LogP contribution in [-0.4, -0.2) is 18.0 Å². The minimum Gasteiger partial charge on any atom is -0.299 e. The van der Waals surface area contributed by atoms with E-state index < -0.39 is 0 Å². The van der Waals surface area contributed by atoms with Gasteiger partial charge in [-0.1, -0.05) is 33.1 Å². The molecule has 0 saturated heterocycles. The van der Waals surface area contributed by atoms with Gasteiger partial charge < -0.3 is 0 Å². The monoisotopic (exact) mass is 211 g/mol. The Balaban J connectivity index is 3.55. The molecule has 0 aliphatic heterocycles. The molecule has 0 radical (unpaired) electrons. The molecule has 0 atom stereocenters. The fourth-order valence-electron chi connectivity index (χ4n) is 1.52. The molecule has 0 aromatic carbocycles. The van der Waals surface area contributed by atoms with Gasteiger partial charge in [-0.25, -0.2) is 0 Å². The maximum atomic E-state index is 11.3. The zero-order valence-electron chi connectivity index (χ0n) is 10.5. The van der Waals surface area contributed by atoms with Crippen LogP contribution in [0.15, 0.2) is 4.99 Å². The van der Waals surface area contributed by atoms with E-state index in [1.807, 2.05) is 13.8 Å². The first-order valence-corrected chi connectivity index (χ1v) is 6.22. The van der Waals surface area contributed by atoms with Gasteiger partial charge in [0.25, 0.3) is 0 Å². The molecule has 0 saturated carbocycles. The van der Waals surface area contributed by atoms with Gasteiger partial charge >= 0.3 is 0 Å². The lowest BCUT2D eigenvalue weighted by Gasteiger charge is -2.00. The molecule has 0 fully saturated rings. The predicted octanol–water partition coefficient (Wildman–Crippen LogP) is 3.79. The summed E-state index contributed by atoms with van der Waals surface area (Å²) < 4.78 is 0. The van der Waals surface area contributed by atoms with Crippen molar-refractivity contribution in [3.8, 4) is 0 Å². The van der Waals surface area contributed by atoms with Gasteiger partial charge in [-0.2, -0.15) is 0 Å². The van der Waals surface area contributed by atoms with E-state index in [2.05, 4.69) is 11.9 Å². The fourth-order valence-corrected chi connectivity index (χ4v) is 1.52. The van der Waals surface area contributed by atoms with E-state index in [0.29, 0.717) is 18.6 Å². The van der Waals surface area contributed by atoms with Crippen molar-refractivity contribution < 1.29 is 4.79 Å². The van der Waals surface area contributed by atoms with Gasteiger partial charge in [0.1, 0.15) is 5.78 Å². The maximum Gasteiger partial charge on any atom is 0.138 e. The summed E-state index contributed by atoms with van der Waals surface area (Å²) >= 11 is 0. The highest BCUT2D eigenvalue weighted by molar-refractivity contribution is 6.00. The number of aliphatic imine (C=N–C) groups is 1. The third-order valence-electron chi connectivity index (χ3n) is 2.38. The van der Waals surface area contributed by atoms with Gasteiger partial charge in [0, 0.05) is 25.1 Å². The van der Waals surface area contributed by atoms with Crippen molar-refractivity contribution >= 4 is 11.5 Å². The third kappa shape index (κ3) is 9.64. The number of hydrogen-bond acceptors (Lipinski definition) is 2. The molecule has 2 nitrogen and oxygen atoms in total. The Bertz CT molecular complexity index is 197. The molecule has 0 bridgehead atoms. The highest BCUT2D eigenvalue weighted by atomic mass is 16.1. The summed E-state index contributed by atoms with van der Waals surface area (Å²) in [5.74, 6) is 0.326.